The minimum atomic E-state index is -0.262. The van der Waals surface area contributed by atoms with Crippen molar-refractivity contribution in [3.8, 4) is 0 Å². The quantitative estimate of drug-likeness (QED) is 0.696. The van der Waals surface area contributed by atoms with Gasteiger partial charge in [0.15, 0.2) is 17.6 Å². The predicted octanol–water partition coefficient (Wildman–Crippen LogP) is -0.789. The maximum absolute atomic E-state index is 12.5. The smallest absolute Gasteiger partial charge is 0.262 e. The molecule has 1 amide bonds. The Labute approximate surface area is 156 Å². The van der Waals surface area contributed by atoms with Gasteiger partial charge in [-0.3, -0.25) is 4.79 Å². The van der Waals surface area contributed by atoms with E-state index in [1.807, 2.05) is 49.9 Å². The first-order chi connectivity index (χ1) is 11.0. The highest BCUT2D eigenvalue weighted by atomic mass is 35.5. The van der Waals surface area contributed by atoms with E-state index in [-0.39, 0.29) is 48.5 Å². The fourth-order valence-corrected chi connectivity index (χ4v) is 2.77. The number of nitrogens with one attached hydrogen (secondary N) is 1. The first-order valence-electron chi connectivity index (χ1n) is 8.44. The van der Waals surface area contributed by atoms with Gasteiger partial charge in [-0.1, -0.05) is 32.9 Å². The van der Waals surface area contributed by atoms with Crippen LogP contribution in [-0.4, -0.2) is 28.2 Å². The van der Waals surface area contributed by atoms with E-state index in [0.29, 0.717) is 0 Å². The molecule has 6 heteroatoms. The third kappa shape index (κ3) is 4.95. The molecule has 0 aliphatic carbocycles. The number of aliphatic hydroxyl groups excluding tert-OH is 1. The molecule has 1 aromatic carbocycles. The predicted molar refractivity (Wildman–Crippen MR) is 95.6 cm³/mol. The van der Waals surface area contributed by atoms with Crippen LogP contribution in [0.25, 0.3) is 11.0 Å². The first-order valence-corrected chi connectivity index (χ1v) is 8.44. The monoisotopic (exact) mass is 367 g/mol. The van der Waals surface area contributed by atoms with Gasteiger partial charge in [0.2, 0.25) is 6.33 Å². The average Bonchev–Trinajstić information content (AvgIpc) is 2.82. The second-order valence-corrected chi connectivity index (χ2v) is 8.44. The van der Waals surface area contributed by atoms with E-state index in [9.17, 15) is 9.90 Å². The summed E-state index contributed by atoms with van der Waals surface area (Å²) in [6.45, 7) is 12.6. The van der Waals surface area contributed by atoms with Gasteiger partial charge in [0, 0.05) is 0 Å². The highest BCUT2D eigenvalue weighted by Crippen LogP contribution is 2.21. The third-order valence-corrected chi connectivity index (χ3v) is 4.31. The van der Waals surface area contributed by atoms with Crippen LogP contribution in [0.4, 0.5) is 0 Å². The lowest BCUT2D eigenvalue weighted by Crippen LogP contribution is -3.00. The van der Waals surface area contributed by atoms with Crippen molar-refractivity contribution in [1.82, 2.24) is 9.88 Å². The van der Waals surface area contributed by atoms with Crippen molar-refractivity contribution in [3.05, 3.63) is 30.6 Å². The van der Waals surface area contributed by atoms with Gasteiger partial charge in [-0.25, -0.2) is 9.13 Å². The van der Waals surface area contributed by atoms with Gasteiger partial charge in [-0.15, -0.1) is 0 Å². The number of benzene rings is 1. The topological polar surface area (TPSA) is 58.1 Å². The summed E-state index contributed by atoms with van der Waals surface area (Å²) in [4.78, 5) is 12.5. The Hall–Kier alpha value is -1.59. The van der Waals surface area contributed by atoms with Crippen molar-refractivity contribution < 1.29 is 26.9 Å². The second-order valence-electron chi connectivity index (χ2n) is 8.44. The van der Waals surface area contributed by atoms with Crippen LogP contribution in [0, 0.1) is 5.41 Å². The summed E-state index contributed by atoms with van der Waals surface area (Å²) in [7, 11) is 0. The van der Waals surface area contributed by atoms with Crippen molar-refractivity contribution >= 4 is 16.9 Å². The molecule has 2 aromatic rings. The summed E-state index contributed by atoms with van der Waals surface area (Å²) in [5.74, 6) is -0.0919. The number of nitrogens with zero attached hydrogens (tertiary/aromatic N) is 2. The van der Waals surface area contributed by atoms with Crippen LogP contribution in [0.5, 0.6) is 0 Å². The number of aliphatic hydroxyl groups is 1. The van der Waals surface area contributed by atoms with Gasteiger partial charge in [0.05, 0.1) is 12.6 Å². The van der Waals surface area contributed by atoms with Gasteiger partial charge >= 0.3 is 0 Å². The second kappa shape index (κ2) is 7.75. The Morgan fingerprint density at radius 3 is 2.32 bits per heavy atom. The van der Waals surface area contributed by atoms with Gasteiger partial charge in [-0.2, -0.15) is 0 Å². The molecule has 0 radical (unpaired) electrons. The molecule has 2 rings (SSSR count). The Kier molecular flexibility index (Phi) is 6.65. The van der Waals surface area contributed by atoms with Gasteiger partial charge in [-0.05, 0) is 38.3 Å². The maximum Gasteiger partial charge on any atom is 0.262 e. The number of hydrogen-bond donors (Lipinski definition) is 2. The van der Waals surface area contributed by atoms with Crippen molar-refractivity contribution in [2.45, 2.75) is 59.7 Å². The van der Waals surface area contributed by atoms with Crippen LogP contribution in [0.3, 0.4) is 0 Å². The lowest BCUT2D eigenvalue weighted by Gasteiger charge is -2.29. The molecule has 1 atom stereocenters. The van der Waals surface area contributed by atoms with Crippen LogP contribution in [-0.2, 0) is 16.9 Å². The lowest BCUT2D eigenvalue weighted by molar-refractivity contribution is -0.659. The molecule has 0 saturated heterocycles. The Bertz CT molecular complexity index is 726. The van der Waals surface area contributed by atoms with Crippen LogP contribution in [0.15, 0.2) is 30.6 Å². The van der Waals surface area contributed by atoms with Crippen LogP contribution in [0.1, 0.15) is 41.5 Å². The molecule has 0 fully saturated rings. The van der Waals surface area contributed by atoms with Gasteiger partial charge < -0.3 is 22.8 Å². The third-order valence-electron chi connectivity index (χ3n) is 4.31. The zero-order chi connectivity index (χ0) is 18.1. The molecule has 0 saturated carbocycles. The van der Waals surface area contributed by atoms with E-state index < -0.39 is 0 Å². The fraction of sp³-hybridized carbons (Fsp3) is 0.579. The number of carbonyl (C=O) groups is 1. The summed E-state index contributed by atoms with van der Waals surface area (Å²) >= 11 is 0. The SMILES string of the molecule is CC(C)(C)[C@@H](CO)NC(=O)C[n+]1cn(C(C)(C)C)c2ccccc21.[Cl-]. The zero-order valence-electron chi connectivity index (χ0n) is 16.0. The number of hydrogen-bond acceptors (Lipinski definition) is 2. The van der Waals surface area contributed by atoms with Crippen molar-refractivity contribution in [3.63, 3.8) is 0 Å². The fourth-order valence-electron chi connectivity index (χ4n) is 2.77. The molecule has 5 nitrogen and oxygen atoms in total. The molecule has 0 unspecified atom stereocenters. The molecule has 140 valence electrons. The molecule has 2 N–H and O–H groups in total. The van der Waals surface area contributed by atoms with E-state index in [1.54, 1.807) is 0 Å². The summed E-state index contributed by atoms with van der Waals surface area (Å²) < 4.78 is 4.15. The normalized spacial score (nSPS) is 13.4. The summed E-state index contributed by atoms with van der Waals surface area (Å²) in [6, 6.07) is 7.83. The summed E-state index contributed by atoms with van der Waals surface area (Å²) in [5.41, 5.74) is 1.88. The van der Waals surface area contributed by atoms with E-state index in [0.717, 1.165) is 11.0 Å². The molecule has 1 aromatic heterocycles. The molecular formula is C19H30ClN3O2. The summed E-state index contributed by atoms with van der Waals surface area (Å²) in [5, 5.41) is 12.5. The molecule has 0 bridgehead atoms. The van der Waals surface area contributed by atoms with Gasteiger partial charge in [0.25, 0.3) is 5.91 Å². The highest BCUT2D eigenvalue weighted by molar-refractivity contribution is 5.76. The standard InChI is InChI=1S/C19H29N3O2.ClH/c1-18(2,3)16(12-23)20-17(24)11-21-13-22(19(4,5)6)15-10-8-7-9-14(15)21;/h7-10,13,16,23H,11-12H2,1-6H3;1H/t16-;/m1./s1. The molecule has 1 heterocycles. The van der Waals surface area contributed by atoms with E-state index in [4.69, 9.17) is 0 Å². The zero-order valence-corrected chi connectivity index (χ0v) is 16.8. The Morgan fingerprint density at radius 2 is 1.80 bits per heavy atom. The number of halogens is 1. The number of imidazole rings is 1. The minimum absolute atomic E-state index is 0. The number of aromatic nitrogens is 2. The molecule has 0 aliphatic rings. The van der Waals surface area contributed by atoms with Crippen LogP contribution < -0.4 is 22.3 Å². The van der Waals surface area contributed by atoms with Crippen molar-refractivity contribution in [1.29, 1.82) is 0 Å². The number of carbonyl (C=O) groups excluding carboxylic acids is 1. The Balaban J connectivity index is 0.00000312. The maximum atomic E-state index is 12.5. The number of rotatable bonds is 4. The van der Waals surface area contributed by atoms with Crippen molar-refractivity contribution in [2.24, 2.45) is 5.41 Å². The van der Waals surface area contributed by atoms with E-state index in [1.165, 1.54) is 0 Å². The molecule has 25 heavy (non-hydrogen) atoms. The number of fused-ring (bicyclic) bond motifs is 1. The summed E-state index contributed by atoms with van der Waals surface area (Å²) in [6.07, 6.45) is 2.00. The first kappa shape index (κ1) is 21.5. The van der Waals surface area contributed by atoms with E-state index >= 15 is 0 Å². The average molecular weight is 368 g/mol. The molecular weight excluding hydrogens is 338 g/mol. The molecule has 0 spiro atoms. The van der Waals surface area contributed by atoms with Crippen LogP contribution in [0.2, 0.25) is 0 Å². The molecule has 0 aliphatic heterocycles. The van der Waals surface area contributed by atoms with E-state index in [2.05, 4.69) is 36.7 Å². The minimum Gasteiger partial charge on any atom is -1.00 e. The highest BCUT2D eigenvalue weighted by Gasteiger charge is 2.28. The van der Waals surface area contributed by atoms with Crippen molar-refractivity contribution in [2.75, 3.05) is 6.61 Å². The lowest BCUT2D eigenvalue weighted by atomic mass is 9.87. The number of para-hydroxylation sites is 2. The van der Waals surface area contributed by atoms with Crippen LogP contribution >= 0.6 is 0 Å². The number of amides is 1. The Morgan fingerprint density at radius 1 is 1.20 bits per heavy atom. The largest absolute Gasteiger partial charge is 1.00 e. The van der Waals surface area contributed by atoms with Gasteiger partial charge in [0.1, 0.15) is 5.54 Å².